The highest BCUT2D eigenvalue weighted by molar-refractivity contribution is 7.92. The number of halogens is 2. The van der Waals surface area contributed by atoms with E-state index < -0.39 is 15.8 Å². The van der Waals surface area contributed by atoms with Crippen molar-refractivity contribution < 1.29 is 12.8 Å². The minimum atomic E-state index is -3.91. The number of fused-ring (bicyclic) bond motifs is 1. The zero-order valence-electron chi connectivity index (χ0n) is 11.6. The van der Waals surface area contributed by atoms with Crippen LogP contribution in [0.5, 0.6) is 0 Å². The first kappa shape index (κ1) is 15.9. The van der Waals surface area contributed by atoms with Gasteiger partial charge in [-0.2, -0.15) is 0 Å². The standard InChI is InChI=1S/C13H9Cl2N3O4S/c1-18-10-3-2-7(4-11(10)22-13(18)19)17-23(20,21)8-5-9(14)12(15)16-6-8/h2-6,17H,1H3. The van der Waals surface area contributed by atoms with Gasteiger partial charge in [-0.3, -0.25) is 9.29 Å². The van der Waals surface area contributed by atoms with E-state index in [0.717, 1.165) is 6.20 Å². The number of anilines is 1. The molecule has 0 saturated heterocycles. The SMILES string of the molecule is Cn1c(=O)oc2cc(NS(=O)(=O)c3cnc(Cl)c(Cl)c3)ccc21. The van der Waals surface area contributed by atoms with Crippen molar-refractivity contribution in [1.82, 2.24) is 9.55 Å². The van der Waals surface area contributed by atoms with Gasteiger partial charge in [-0.1, -0.05) is 23.2 Å². The Morgan fingerprint density at radius 2 is 2.00 bits per heavy atom. The van der Waals surface area contributed by atoms with Gasteiger partial charge >= 0.3 is 5.76 Å². The van der Waals surface area contributed by atoms with Crippen molar-refractivity contribution in [2.75, 3.05) is 4.72 Å². The highest BCUT2D eigenvalue weighted by atomic mass is 35.5. The van der Waals surface area contributed by atoms with E-state index in [0.29, 0.717) is 5.52 Å². The monoisotopic (exact) mass is 373 g/mol. The van der Waals surface area contributed by atoms with Crippen molar-refractivity contribution >= 4 is 50.0 Å². The van der Waals surface area contributed by atoms with E-state index in [1.54, 1.807) is 13.1 Å². The summed E-state index contributed by atoms with van der Waals surface area (Å²) >= 11 is 11.5. The third kappa shape index (κ3) is 2.92. The summed E-state index contributed by atoms with van der Waals surface area (Å²) in [6.07, 6.45) is 1.09. The number of sulfonamides is 1. The number of nitrogens with one attached hydrogen (secondary N) is 1. The lowest BCUT2D eigenvalue weighted by Gasteiger charge is -2.08. The van der Waals surface area contributed by atoms with Gasteiger partial charge in [0.15, 0.2) is 5.58 Å². The predicted octanol–water partition coefficient (Wildman–Crippen LogP) is 2.63. The largest absolute Gasteiger partial charge is 0.419 e. The molecule has 3 aromatic rings. The fourth-order valence-corrected chi connectivity index (χ4v) is 3.32. The van der Waals surface area contributed by atoms with E-state index in [1.807, 2.05) is 0 Å². The number of nitrogens with zero attached hydrogens (tertiary/aromatic N) is 2. The van der Waals surface area contributed by atoms with Crippen molar-refractivity contribution in [3.05, 3.63) is 51.2 Å². The molecule has 0 aliphatic heterocycles. The smallest absolute Gasteiger partial charge is 0.408 e. The fraction of sp³-hybridized carbons (Fsp3) is 0.0769. The Hall–Kier alpha value is -2.03. The first-order chi connectivity index (χ1) is 10.8. The van der Waals surface area contributed by atoms with Crippen molar-refractivity contribution in [2.45, 2.75) is 4.90 Å². The van der Waals surface area contributed by atoms with Crippen molar-refractivity contribution in [1.29, 1.82) is 0 Å². The lowest BCUT2D eigenvalue weighted by atomic mass is 10.3. The van der Waals surface area contributed by atoms with Gasteiger partial charge in [0, 0.05) is 19.3 Å². The van der Waals surface area contributed by atoms with Crippen LogP contribution in [0.15, 0.2) is 44.6 Å². The molecule has 0 aliphatic carbocycles. The normalized spacial score (nSPS) is 11.8. The predicted molar refractivity (Wildman–Crippen MR) is 86.5 cm³/mol. The van der Waals surface area contributed by atoms with Crippen LogP contribution in [0.1, 0.15) is 0 Å². The molecule has 1 N–H and O–H groups in total. The summed E-state index contributed by atoms with van der Waals surface area (Å²) in [5.41, 5.74) is 1.05. The molecule has 0 radical (unpaired) electrons. The molecule has 2 heterocycles. The topological polar surface area (TPSA) is 94.2 Å². The number of hydrogen-bond acceptors (Lipinski definition) is 5. The number of rotatable bonds is 3. The van der Waals surface area contributed by atoms with Crippen LogP contribution in [0.2, 0.25) is 10.2 Å². The molecular formula is C13H9Cl2N3O4S. The van der Waals surface area contributed by atoms with E-state index in [1.165, 1.54) is 22.8 Å². The highest BCUT2D eigenvalue weighted by Crippen LogP contribution is 2.25. The van der Waals surface area contributed by atoms with Crippen LogP contribution >= 0.6 is 23.2 Å². The Labute approximate surface area is 140 Å². The molecule has 1 aromatic carbocycles. The summed E-state index contributed by atoms with van der Waals surface area (Å²) < 4.78 is 33.3. The molecule has 0 saturated carbocycles. The van der Waals surface area contributed by atoms with Gasteiger partial charge in [-0.05, 0) is 18.2 Å². The summed E-state index contributed by atoms with van der Waals surface area (Å²) in [6.45, 7) is 0. The minimum Gasteiger partial charge on any atom is -0.408 e. The molecular weight excluding hydrogens is 365 g/mol. The number of benzene rings is 1. The molecule has 2 aromatic heterocycles. The van der Waals surface area contributed by atoms with Crippen LogP contribution in [0, 0.1) is 0 Å². The van der Waals surface area contributed by atoms with Gasteiger partial charge in [0.1, 0.15) is 10.0 Å². The molecule has 0 unspecified atom stereocenters. The number of oxazole rings is 1. The summed E-state index contributed by atoms with van der Waals surface area (Å²) in [4.78, 5) is 15.0. The first-order valence-corrected chi connectivity index (χ1v) is 8.45. The number of aromatic nitrogens is 2. The van der Waals surface area contributed by atoms with Crippen molar-refractivity contribution in [3.63, 3.8) is 0 Å². The van der Waals surface area contributed by atoms with E-state index in [2.05, 4.69) is 9.71 Å². The molecule has 10 heteroatoms. The van der Waals surface area contributed by atoms with E-state index >= 15 is 0 Å². The maximum atomic E-state index is 12.3. The van der Waals surface area contributed by atoms with Crippen LogP contribution < -0.4 is 10.5 Å². The number of hydrogen-bond donors (Lipinski definition) is 1. The van der Waals surface area contributed by atoms with Crippen LogP contribution in [0.4, 0.5) is 5.69 Å². The van der Waals surface area contributed by atoms with E-state index in [9.17, 15) is 13.2 Å². The van der Waals surface area contributed by atoms with Gasteiger partial charge in [0.05, 0.1) is 16.2 Å². The molecule has 0 spiro atoms. The Morgan fingerprint density at radius 3 is 2.70 bits per heavy atom. The van der Waals surface area contributed by atoms with Gasteiger partial charge in [-0.25, -0.2) is 18.2 Å². The zero-order chi connectivity index (χ0) is 16.8. The maximum absolute atomic E-state index is 12.3. The second kappa shape index (κ2) is 5.55. The molecule has 0 atom stereocenters. The maximum Gasteiger partial charge on any atom is 0.419 e. The molecule has 7 nitrogen and oxygen atoms in total. The number of aryl methyl sites for hydroxylation is 1. The first-order valence-electron chi connectivity index (χ1n) is 6.21. The fourth-order valence-electron chi connectivity index (χ4n) is 1.96. The van der Waals surface area contributed by atoms with E-state index in [4.69, 9.17) is 27.6 Å². The average molecular weight is 374 g/mol. The minimum absolute atomic E-state index is 0.0121. The Bertz CT molecular complexity index is 1070. The Morgan fingerprint density at radius 1 is 1.26 bits per heavy atom. The molecule has 120 valence electrons. The summed E-state index contributed by atoms with van der Waals surface area (Å²) in [5, 5.41) is 0.0390. The van der Waals surface area contributed by atoms with Crippen LogP contribution in [0.25, 0.3) is 11.1 Å². The Kier molecular flexibility index (Phi) is 3.83. The summed E-state index contributed by atoms with van der Waals surface area (Å²) in [5.74, 6) is -0.534. The highest BCUT2D eigenvalue weighted by Gasteiger charge is 2.17. The molecule has 0 aliphatic rings. The second-order valence-corrected chi connectivity index (χ2v) is 7.11. The molecule has 0 bridgehead atoms. The van der Waals surface area contributed by atoms with Crippen LogP contribution in [-0.2, 0) is 17.1 Å². The van der Waals surface area contributed by atoms with Crippen LogP contribution in [-0.4, -0.2) is 18.0 Å². The van der Waals surface area contributed by atoms with E-state index in [-0.39, 0.29) is 26.3 Å². The molecule has 3 rings (SSSR count). The van der Waals surface area contributed by atoms with Gasteiger partial charge < -0.3 is 4.42 Å². The number of pyridine rings is 1. The third-order valence-electron chi connectivity index (χ3n) is 3.13. The van der Waals surface area contributed by atoms with Gasteiger partial charge in [-0.15, -0.1) is 0 Å². The quantitative estimate of drug-likeness (QED) is 0.712. The Balaban J connectivity index is 1.99. The molecule has 0 fully saturated rings. The average Bonchev–Trinajstić information content (AvgIpc) is 2.76. The van der Waals surface area contributed by atoms with Crippen molar-refractivity contribution in [3.8, 4) is 0 Å². The van der Waals surface area contributed by atoms with Crippen LogP contribution in [0.3, 0.4) is 0 Å². The zero-order valence-corrected chi connectivity index (χ0v) is 13.9. The lowest BCUT2D eigenvalue weighted by molar-refractivity contribution is 0.528. The van der Waals surface area contributed by atoms with Gasteiger partial charge in [0.2, 0.25) is 0 Å². The van der Waals surface area contributed by atoms with Crippen molar-refractivity contribution in [2.24, 2.45) is 7.05 Å². The summed E-state index contributed by atoms with van der Waals surface area (Å²) in [6, 6.07) is 5.70. The lowest BCUT2D eigenvalue weighted by Crippen LogP contribution is -2.13. The summed E-state index contributed by atoms with van der Waals surface area (Å²) in [7, 11) is -2.35. The second-order valence-electron chi connectivity index (χ2n) is 4.66. The van der Waals surface area contributed by atoms with Gasteiger partial charge in [0.25, 0.3) is 10.0 Å². The molecule has 0 amide bonds. The molecule has 23 heavy (non-hydrogen) atoms. The third-order valence-corrected chi connectivity index (χ3v) is 5.16.